The maximum atomic E-state index is 9.05. The first kappa shape index (κ1) is 16.6. The van der Waals surface area contributed by atoms with Gasteiger partial charge in [-0.1, -0.05) is 12.1 Å². The van der Waals surface area contributed by atoms with Crippen molar-refractivity contribution in [1.29, 1.82) is 0 Å². The van der Waals surface area contributed by atoms with Crippen LogP contribution in [0.2, 0.25) is 0 Å². The van der Waals surface area contributed by atoms with E-state index in [2.05, 4.69) is 44.2 Å². The Kier molecular flexibility index (Phi) is 4.08. The van der Waals surface area contributed by atoms with Crippen LogP contribution in [0.3, 0.4) is 0 Å². The number of hydrogen-bond acceptors (Lipinski definition) is 8. The summed E-state index contributed by atoms with van der Waals surface area (Å²) >= 11 is 0. The molecule has 3 aromatic heterocycles. The first-order valence-electron chi connectivity index (χ1n) is 8.94. The maximum absolute atomic E-state index is 9.05. The van der Waals surface area contributed by atoms with E-state index in [4.69, 9.17) is 10.1 Å². The van der Waals surface area contributed by atoms with Gasteiger partial charge >= 0.3 is 0 Å². The number of rotatable bonds is 5. The Hall–Kier alpha value is -3.56. The van der Waals surface area contributed by atoms with Gasteiger partial charge in [-0.05, 0) is 23.8 Å². The van der Waals surface area contributed by atoms with Crippen LogP contribution < -0.4 is 16.0 Å². The van der Waals surface area contributed by atoms with Crippen LogP contribution in [-0.4, -0.2) is 36.4 Å². The molecule has 0 saturated heterocycles. The van der Waals surface area contributed by atoms with Gasteiger partial charge in [0.2, 0.25) is 0 Å². The first-order chi connectivity index (χ1) is 13.8. The molecule has 0 amide bonds. The number of nitrogens with one attached hydrogen (secondary N) is 2. The number of aromatic nitrogens is 5. The number of anilines is 2. The summed E-state index contributed by atoms with van der Waals surface area (Å²) in [5, 5.41) is 16.3. The van der Waals surface area contributed by atoms with Crippen molar-refractivity contribution < 1.29 is 5.11 Å². The highest BCUT2D eigenvalue weighted by Gasteiger charge is 2.23. The van der Waals surface area contributed by atoms with E-state index in [0.717, 1.165) is 33.5 Å². The van der Waals surface area contributed by atoms with Crippen LogP contribution in [0.4, 0.5) is 11.6 Å². The van der Waals surface area contributed by atoms with Crippen LogP contribution in [0, 0.1) is 0 Å². The molecule has 1 aliphatic rings. The molecule has 4 heterocycles. The Balaban J connectivity index is 1.42. The van der Waals surface area contributed by atoms with E-state index < -0.39 is 0 Å². The zero-order valence-corrected chi connectivity index (χ0v) is 14.9. The van der Waals surface area contributed by atoms with Crippen LogP contribution in [0.25, 0.3) is 22.2 Å². The molecule has 0 aliphatic carbocycles. The quantitative estimate of drug-likeness (QED) is 0.485. The van der Waals surface area contributed by atoms with Crippen molar-refractivity contribution >= 4 is 22.5 Å². The highest BCUT2D eigenvalue weighted by Crippen LogP contribution is 2.29. The molecule has 0 unspecified atom stereocenters. The summed E-state index contributed by atoms with van der Waals surface area (Å²) in [5.41, 5.74) is 9.84. The zero-order valence-electron chi connectivity index (χ0n) is 14.9. The smallest absolute Gasteiger partial charge is 0.190 e. The molecule has 0 atom stereocenters. The molecule has 140 valence electrons. The minimum atomic E-state index is 0.0415. The lowest BCUT2D eigenvalue weighted by Gasteiger charge is -2.17. The third kappa shape index (κ3) is 3.02. The van der Waals surface area contributed by atoms with Gasteiger partial charge < -0.3 is 5.11 Å². The van der Waals surface area contributed by atoms with Gasteiger partial charge in [0.15, 0.2) is 11.6 Å². The minimum absolute atomic E-state index is 0.0415. The van der Waals surface area contributed by atoms with E-state index in [0.29, 0.717) is 18.9 Å². The predicted molar refractivity (Wildman–Crippen MR) is 105 cm³/mol. The van der Waals surface area contributed by atoms with Crippen molar-refractivity contribution in [2.24, 2.45) is 0 Å². The molecule has 9 nitrogen and oxygen atoms in total. The predicted octanol–water partition coefficient (Wildman–Crippen LogP) is 1.73. The third-order valence-corrected chi connectivity index (χ3v) is 4.59. The molecule has 0 saturated carbocycles. The molecule has 0 radical (unpaired) electrons. The third-order valence-electron chi connectivity index (χ3n) is 4.59. The van der Waals surface area contributed by atoms with Crippen LogP contribution in [0.15, 0.2) is 55.1 Å². The van der Waals surface area contributed by atoms with Gasteiger partial charge in [-0.2, -0.15) is 5.10 Å². The molecular weight excluding hydrogens is 356 g/mol. The van der Waals surface area contributed by atoms with Gasteiger partial charge in [-0.25, -0.2) is 9.97 Å². The van der Waals surface area contributed by atoms with E-state index >= 15 is 0 Å². The normalized spacial score (nSPS) is 13.0. The summed E-state index contributed by atoms with van der Waals surface area (Å²) in [5.74, 6) is 1.40. The van der Waals surface area contributed by atoms with Crippen LogP contribution >= 0.6 is 0 Å². The molecule has 4 aromatic rings. The Morgan fingerprint density at radius 3 is 3.00 bits per heavy atom. The van der Waals surface area contributed by atoms with Crippen LogP contribution in [0.5, 0.6) is 0 Å². The standard InChI is InChI=1S/C19H18N8O/c28-7-6-26-12-15(9-22-26)17-10-21-18-19(23-17)27(25-24-18)11-13-3-4-16-14(8-13)2-1-5-20-16/h1-5,8-10,12,25,28H,6-7,11H2,(H,21,24). The number of pyridine rings is 1. The molecule has 1 aliphatic heterocycles. The number of hydrazine groups is 2. The lowest BCUT2D eigenvalue weighted by atomic mass is 10.1. The highest BCUT2D eigenvalue weighted by molar-refractivity contribution is 5.79. The average Bonchev–Trinajstić information content (AvgIpc) is 3.35. The molecule has 1 aromatic carbocycles. The molecule has 0 fully saturated rings. The topological polar surface area (TPSA) is 104 Å². The van der Waals surface area contributed by atoms with Gasteiger partial charge in [0, 0.05) is 23.3 Å². The summed E-state index contributed by atoms with van der Waals surface area (Å²) in [4.78, 5) is 13.6. The van der Waals surface area contributed by atoms with Crippen molar-refractivity contribution in [3.63, 3.8) is 0 Å². The van der Waals surface area contributed by atoms with Gasteiger partial charge in [0.05, 0.1) is 43.3 Å². The number of benzene rings is 1. The van der Waals surface area contributed by atoms with E-state index in [1.54, 1.807) is 23.3 Å². The van der Waals surface area contributed by atoms with Gasteiger partial charge in [0.1, 0.15) is 0 Å². The van der Waals surface area contributed by atoms with Crippen LogP contribution in [0.1, 0.15) is 5.56 Å². The zero-order chi connectivity index (χ0) is 18.9. The number of nitrogens with zero attached hydrogens (tertiary/aromatic N) is 6. The monoisotopic (exact) mass is 374 g/mol. The maximum Gasteiger partial charge on any atom is 0.190 e. The summed E-state index contributed by atoms with van der Waals surface area (Å²) in [7, 11) is 0. The fourth-order valence-electron chi connectivity index (χ4n) is 3.21. The Labute approximate surface area is 160 Å². The van der Waals surface area contributed by atoms with Gasteiger partial charge in [-0.3, -0.25) is 20.1 Å². The van der Waals surface area contributed by atoms with Gasteiger partial charge in [-0.15, -0.1) is 5.53 Å². The van der Waals surface area contributed by atoms with Crippen molar-refractivity contribution in [1.82, 2.24) is 30.3 Å². The van der Waals surface area contributed by atoms with Crippen molar-refractivity contribution in [3.05, 3.63) is 60.7 Å². The second-order valence-electron chi connectivity index (χ2n) is 6.50. The fraction of sp³-hybridized carbons (Fsp3) is 0.158. The first-order valence-corrected chi connectivity index (χ1v) is 8.94. The molecule has 9 heteroatoms. The molecule has 5 rings (SSSR count). The molecular formula is C19H18N8O. The minimum Gasteiger partial charge on any atom is -0.394 e. The number of aliphatic hydroxyl groups excluding tert-OH is 1. The molecule has 0 bridgehead atoms. The number of hydrogen-bond donors (Lipinski definition) is 3. The SMILES string of the molecule is OCCn1cc(-c2cnc3c(n2)N(Cc2ccc4ncccc4c2)NN3)cn1. The lowest BCUT2D eigenvalue weighted by Crippen LogP contribution is -2.35. The van der Waals surface area contributed by atoms with Crippen molar-refractivity contribution in [2.45, 2.75) is 13.1 Å². The fourth-order valence-corrected chi connectivity index (χ4v) is 3.21. The second kappa shape index (κ2) is 6.87. The summed E-state index contributed by atoms with van der Waals surface area (Å²) in [6.45, 7) is 1.11. The van der Waals surface area contributed by atoms with E-state index in [9.17, 15) is 0 Å². The molecule has 28 heavy (non-hydrogen) atoms. The highest BCUT2D eigenvalue weighted by atomic mass is 16.3. The van der Waals surface area contributed by atoms with Crippen molar-refractivity contribution in [2.75, 3.05) is 17.0 Å². The Bertz CT molecular complexity index is 1140. The largest absolute Gasteiger partial charge is 0.394 e. The number of fused-ring (bicyclic) bond motifs is 2. The number of aliphatic hydroxyl groups is 1. The van der Waals surface area contributed by atoms with Crippen molar-refractivity contribution in [3.8, 4) is 11.3 Å². The average molecular weight is 374 g/mol. The Morgan fingerprint density at radius 2 is 2.07 bits per heavy atom. The summed E-state index contributed by atoms with van der Waals surface area (Å²) < 4.78 is 1.68. The summed E-state index contributed by atoms with van der Waals surface area (Å²) in [6, 6.07) is 10.2. The molecule has 3 N–H and O–H groups in total. The second-order valence-corrected chi connectivity index (χ2v) is 6.50. The van der Waals surface area contributed by atoms with E-state index in [1.807, 2.05) is 23.3 Å². The van der Waals surface area contributed by atoms with Gasteiger partial charge in [0.25, 0.3) is 0 Å². The van der Waals surface area contributed by atoms with Crippen LogP contribution in [-0.2, 0) is 13.1 Å². The summed E-state index contributed by atoms with van der Waals surface area (Å²) in [6.07, 6.45) is 7.08. The lowest BCUT2D eigenvalue weighted by molar-refractivity contribution is 0.269. The van der Waals surface area contributed by atoms with E-state index in [1.165, 1.54) is 0 Å². The van der Waals surface area contributed by atoms with E-state index in [-0.39, 0.29) is 6.61 Å². The molecule has 0 spiro atoms. The Morgan fingerprint density at radius 1 is 1.11 bits per heavy atom.